The zero-order valence-electron chi connectivity index (χ0n) is 14.8. The molecule has 2 aromatic heterocycles. The summed E-state index contributed by atoms with van der Waals surface area (Å²) in [4.78, 5) is 28.2. The summed E-state index contributed by atoms with van der Waals surface area (Å²) >= 11 is 3.32. The van der Waals surface area contributed by atoms with Gasteiger partial charge in [0.05, 0.1) is 18.3 Å². The summed E-state index contributed by atoms with van der Waals surface area (Å²) in [6.45, 7) is 8.14. The summed E-state index contributed by atoms with van der Waals surface area (Å²) in [6.07, 6.45) is 1.18. The Morgan fingerprint density at radius 3 is 2.68 bits per heavy atom. The molecular weight excluding hydrogens is 390 g/mol. The minimum Gasteiger partial charge on any atom is -0.461 e. The largest absolute Gasteiger partial charge is 0.461 e. The molecule has 8 heteroatoms. The van der Waals surface area contributed by atoms with Crippen LogP contribution in [0.3, 0.4) is 0 Å². The third-order valence-corrected chi connectivity index (χ3v) is 3.68. The molecule has 25 heavy (non-hydrogen) atoms. The second-order valence-corrected chi connectivity index (χ2v) is 7.21. The van der Waals surface area contributed by atoms with Gasteiger partial charge in [-0.3, -0.25) is 0 Å². The molecule has 0 radical (unpaired) electrons. The van der Waals surface area contributed by atoms with Crippen LogP contribution >= 0.6 is 15.9 Å². The quantitative estimate of drug-likeness (QED) is 0.601. The Morgan fingerprint density at radius 1 is 1.32 bits per heavy atom. The maximum absolute atomic E-state index is 12.2. The van der Waals surface area contributed by atoms with Gasteiger partial charge in [0.2, 0.25) is 0 Å². The summed E-state index contributed by atoms with van der Waals surface area (Å²) in [6, 6.07) is 3.59. The van der Waals surface area contributed by atoms with Crippen LogP contribution in [0, 0.1) is 0 Å². The molecule has 1 N–H and O–H groups in total. The second kappa shape index (κ2) is 7.86. The van der Waals surface area contributed by atoms with Gasteiger partial charge >= 0.3 is 12.1 Å². The monoisotopic (exact) mass is 411 g/mol. The fraction of sp³-hybridized carbons (Fsp3) is 0.471. The van der Waals surface area contributed by atoms with Crippen molar-refractivity contribution < 1.29 is 19.1 Å². The van der Waals surface area contributed by atoms with Crippen molar-refractivity contribution in [1.29, 1.82) is 0 Å². The van der Waals surface area contributed by atoms with Crippen LogP contribution in [0.4, 0.5) is 4.79 Å². The van der Waals surface area contributed by atoms with Gasteiger partial charge in [0, 0.05) is 18.5 Å². The summed E-state index contributed by atoms with van der Waals surface area (Å²) in [5.74, 6) is -0.410. The first-order valence-electron chi connectivity index (χ1n) is 8.00. The van der Waals surface area contributed by atoms with E-state index < -0.39 is 17.7 Å². The molecular formula is C17H22BrN3O4. The second-order valence-electron chi connectivity index (χ2n) is 6.40. The first-order valence-corrected chi connectivity index (χ1v) is 8.79. The number of hydrogen-bond donors (Lipinski definition) is 1. The van der Waals surface area contributed by atoms with Crippen molar-refractivity contribution >= 4 is 38.9 Å². The molecule has 0 aliphatic carbocycles. The topological polar surface area (TPSA) is 82.5 Å². The van der Waals surface area contributed by atoms with Gasteiger partial charge in [0.25, 0.3) is 0 Å². The zero-order valence-corrected chi connectivity index (χ0v) is 16.3. The molecule has 0 saturated carbocycles. The van der Waals surface area contributed by atoms with Crippen LogP contribution in [0.25, 0.3) is 10.9 Å². The number of ether oxygens (including phenoxy) is 2. The van der Waals surface area contributed by atoms with Crippen molar-refractivity contribution in [3.8, 4) is 0 Å². The summed E-state index contributed by atoms with van der Waals surface area (Å²) < 4.78 is 12.8. The van der Waals surface area contributed by atoms with E-state index in [2.05, 4.69) is 26.2 Å². The van der Waals surface area contributed by atoms with E-state index in [9.17, 15) is 9.59 Å². The fourth-order valence-electron chi connectivity index (χ4n) is 2.33. The Hall–Kier alpha value is -2.09. The van der Waals surface area contributed by atoms with Crippen LogP contribution in [-0.2, 0) is 16.0 Å². The third-order valence-electron chi connectivity index (χ3n) is 3.24. The Labute approximate surface area is 154 Å². The highest BCUT2D eigenvalue weighted by molar-refractivity contribution is 9.10. The molecule has 0 fully saturated rings. The highest BCUT2D eigenvalue weighted by Gasteiger charge is 2.18. The molecule has 0 aromatic carbocycles. The first kappa shape index (κ1) is 19.2. The molecule has 0 atom stereocenters. The van der Waals surface area contributed by atoms with E-state index in [0.717, 1.165) is 10.9 Å². The average Bonchev–Trinajstić information content (AvgIpc) is 2.83. The van der Waals surface area contributed by atoms with Gasteiger partial charge in [-0.1, -0.05) is 0 Å². The number of hydrogen-bond acceptors (Lipinski definition) is 5. The predicted molar refractivity (Wildman–Crippen MR) is 97.6 cm³/mol. The van der Waals surface area contributed by atoms with Crippen molar-refractivity contribution in [3.63, 3.8) is 0 Å². The van der Waals surface area contributed by atoms with E-state index in [1.165, 1.54) is 0 Å². The van der Waals surface area contributed by atoms with Crippen LogP contribution in [0.5, 0.6) is 0 Å². The number of esters is 1. The molecule has 0 bridgehead atoms. The van der Waals surface area contributed by atoms with Crippen LogP contribution < -0.4 is 5.32 Å². The van der Waals surface area contributed by atoms with Gasteiger partial charge in [-0.25, -0.2) is 14.6 Å². The van der Waals surface area contributed by atoms with Gasteiger partial charge in [0.1, 0.15) is 15.9 Å². The van der Waals surface area contributed by atoms with Gasteiger partial charge in [-0.05, 0) is 55.8 Å². The molecule has 1 amide bonds. The third kappa shape index (κ3) is 5.19. The minimum atomic E-state index is -0.559. The molecule has 0 saturated heterocycles. The van der Waals surface area contributed by atoms with E-state index in [1.807, 2.05) is 6.07 Å². The van der Waals surface area contributed by atoms with Crippen LogP contribution in [0.15, 0.2) is 22.9 Å². The SMILES string of the molecule is CCOC(=O)c1cc2cc(Br)ncc2n1CCNC(=O)OC(C)(C)C. The van der Waals surface area contributed by atoms with Crippen molar-refractivity contribution in [2.24, 2.45) is 0 Å². The fourth-order valence-corrected chi connectivity index (χ4v) is 2.68. The molecule has 2 rings (SSSR count). The van der Waals surface area contributed by atoms with Crippen molar-refractivity contribution in [3.05, 3.63) is 28.6 Å². The Balaban J connectivity index is 2.19. The highest BCUT2D eigenvalue weighted by Crippen LogP contribution is 2.22. The van der Waals surface area contributed by atoms with Gasteiger partial charge in [-0.15, -0.1) is 0 Å². The van der Waals surface area contributed by atoms with E-state index >= 15 is 0 Å². The Bertz CT molecular complexity index is 780. The first-order chi connectivity index (χ1) is 11.7. The summed E-state index contributed by atoms with van der Waals surface area (Å²) in [5, 5.41) is 3.55. The van der Waals surface area contributed by atoms with E-state index in [-0.39, 0.29) is 0 Å². The van der Waals surface area contributed by atoms with Crippen molar-refractivity contribution in [2.75, 3.05) is 13.2 Å². The standard InChI is InChI=1S/C17H22BrN3O4/c1-5-24-15(22)12-8-11-9-14(18)20-10-13(11)21(12)7-6-19-16(23)25-17(2,3)4/h8-10H,5-7H2,1-4H3,(H,19,23). The minimum absolute atomic E-state index is 0.290. The van der Waals surface area contributed by atoms with E-state index in [4.69, 9.17) is 9.47 Å². The molecule has 0 unspecified atom stereocenters. The number of nitrogens with zero attached hydrogens (tertiary/aromatic N) is 2. The summed E-state index contributed by atoms with van der Waals surface area (Å²) in [5.41, 5.74) is 0.649. The van der Waals surface area contributed by atoms with Gasteiger partial charge in [-0.2, -0.15) is 0 Å². The lowest BCUT2D eigenvalue weighted by molar-refractivity contribution is 0.0514. The maximum Gasteiger partial charge on any atom is 0.407 e. The molecule has 0 aliphatic heterocycles. The number of amides is 1. The number of fused-ring (bicyclic) bond motifs is 1. The molecule has 7 nitrogen and oxygen atoms in total. The van der Waals surface area contributed by atoms with E-state index in [1.54, 1.807) is 44.5 Å². The normalized spacial score (nSPS) is 11.4. The molecule has 0 spiro atoms. The lowest BCUT2D eigenvalue weighted by Gasteiger charge is -2.20. The number of pyridine rings is 1. The lowest BCUT2D eigenvalue weighted by atomic mass is 10.2. The number of halogens is 1. The average molecular weight is 412 g/mol. The van der Waals surface area contributed by atoms with Crippen molar-refractivity contribution in [2.45, 2.75) is 39.8 Å². The molecule has 0 aliphatic rings. The molecule has 136 valence electrons. The maximum atomic E-state index is 12.2. The number of rotatable bonds is 5. The Kier molecular flexibility index (Phi) is 6.05. The number of alkyl carbamates (subject to hydrolysis) is 1. The van der Waals surface area contributed by atoms with E-state index in [0.29, 0.717) is 30.0 Å². The number of carbonyl (C=O) groups excluding carboxylic acids is 2. The van der Waals surface area contributed by atoms with Crippen molar-refractivity contribution in [1.82, 2.24) is 14.9 Å². The molecule has 2 aromatic rings. The van der Waals surface area contributed by atoms with Gasteiger partial charge < -0.3 is 19.4 Å². The van der Waals surface area contributed by atoms with Crippen LogP contribution in [-0.4, -0.2) is 40.4 Å². The van der Waals surface area contributed by atoms with Gasteiger partial charge in [0.15, 0.2) is 0 Å². The molecule has 2 heterocycles. The highest BCUT2D eigenvalue weighted by atomic mass is 79.9. The lowest BCUT2D eigenvalue weighted by Crippen LogP contribution is -2.34. The number of nitrogens with one attached hydrogen (secondary N) is 1. The number of carbonyl (C=O) groups is 2. The van der Waals surface area contributed by atoms with Crippen LogP contribution in [0.1, 0.15) is 38.2 Å². The van der Waals surface area contributed by atoms with Crippen LogP contribution in [0.2, 0.25) is 0 Å². The smallest absolute Gasteiger partial charge is 0.407 e. The Morgan fingerprint density at radius 2 is 2.04 bits per heavy atom. The predicted octanol–water partition coefficient (Wildman–Crippen LogP) is 3.50. The summed E-state index contributed by atoms with van der Waals surface area (Å²) in [7, 11) is 0. The zero-order chi connectivity index (χ0) is 18.6. The number of aromatic nitrogens is 2.